The van der Waals surface area contributed by atoms with Gasteiger partial charge in [0.1, 0.15) is 12.4 Å². The van der Waals surface area contributed by atoms with Crippen molar-refractivity contribution in [1.82, 2.24) is 5.32 Å². The summed E-state index contributed by atoms with van der Waals surface area (Å²) in [6.07, 6.45) is 0. The summed E-state index contributed by atoms with van der Waals surface area (Å²) in [5.41, 5.74) is 2.37. The first-order chi connectivity index (χ1) is 7.93. The van der Waals surface area contributed by atoms with E-state index in [0.29, 0.717) is 0 Å². The Morgan fingerprint density at radius 1 is 1.00 bits per heavy atom. The van der Waals surface area contributed by atoms with Gasteiger partial charge < -0.3 is 5.32 Å². The highest BCUT2D eigenvalue weighted by molar-refractivity contribution is 6.00. The molecule has 0 fully saturated rings. The average molecular weight is 215 g/mol. The van der Waals surface area contributed by atoms with E-state index in [2.05, 4.69) is 44.9 Å². The summed E-state index contributed by atoms with van der Waals surface area (Å²) in [6.45, 7) is 3.85. The quantitative estimate of drug-likeness (QED) is 0.677. The molecule has 0 saturated carbocycles. The van der Waals surface area contributed by atoms with Crippen LogP contribution in [0.15, 0.2) is 34.3 Å². The Bertz CT molecular complexity index is 402. The molecule has 4 heteroatoms. The monoisotopic (exact) mass is 215 g/mol. The molecule has 4 nitrogen and oxygen atoms in total. The molecule has 3 N–H and O–H groups in total. The fourth-order valence-corrected chi connectivity index (χ4v) is 2.05. The molecule has 16 heavy (non-hydrogen) atoms. The number of aliphatic imine (C=N–C) groups is 2. The number of hydrogen-bond donors (Lipinski definition) is 2. The van der Waals surface area contributed by atoms with Crippen LogP contribution in [0.4, 0.5) is 0 Å². The lowest BCUT2D eigenvalue weighted by Gasteiger charge is -2.03. The third kappa shape index (κ3) is 1.72. The number of nitrogens with two attached hydrogens (primary N) is 1. The maximum atomic E-state index is 4.45. The molecule has 0 aromatic heterocycles. The highest BCUT2D eigenvalue weighted by atomic mass is 15.1. The zero-order chi connectivity index (χ0) is 10.8. The maximum absolute atomic E-state index is 4.45. The second-order valence-electron chi connectivity index (χ2n) is 3.99. The first-order valence-corrected chi connectivity index (χ1v) is 5.70. The van der Waals surface area contributed by atoms with Crippen molar-refractivity contribution in [2.75, 3.05) is 26.2 Å². The minimum atomic E-state index is 0.886. The van der Waals surface area contributed by atoms with Gasteiger partial charge in [0.25, 0.3) is 0 Å². The lowest BCUT2D eigenvalue weighted by Crippen LogP contribution is -2.86. The van der Waals surface area contributed by atoms with Gasteiger partial charge in [0, 0.05) is 12.1 Å². The van der Waals surface area contributed by atoms with Crippen molar-refractivity contribution >= 4 is 11.7 Å². The minimum absolute atomic E-state index is 0.886. The molecule has 0 aliphatic carbocycles. The van der Waals surface area contributed by atoms with E-state index in [1.165, 1.54) is 11.1 Å². The molecule has 0 saturated heterocycles. The predicted octanol–water partition coefficient (Wildman–Crippen LogP) is -0.640. The van der Waals surface area contributed by atoms with Crippen LogP contribution in [0.25, 0.3) is 0 Å². The van der Waals surface area contributed by atoms with Gasteiger partial charge in [-0.15, -0.1) is 0 Å². The lowest BCUT2D eigenvalue weighted by atomic mass is 10.1. The van der Waals surface area contributed by atoms with Crippen LogP contribution < -0.4 is 10.6 Å². The number of benzene rings is 1. The van der Waals surface area contributed by atoms with Crippen molar-refractivity contribution in [2.24, 2.45) is 9.98 Å². The number of hydrogen-bond acceptors (Lipinski definition) is 3. The van der Waals surface area contributed by atoms with Crippen LogP contribution in [-0.2, 0) is 0 Å². The molecule has 3 rings (SSSR count). The van der Waals surface area contributed by atoms with E-state index in [9.17, 15) is 0 Å². The van der Waals surface area contributed by atoms with Crippen LogP contribution in [0.5, 0.6) is 0 Å². The predicted molar refractivity (Wildman–Crippen MR) is 64.0 cm³/mol. The van der Waals surface area contributed by atoms with Gasteiger partial charge in [-0.2, -0.15) is 0 Å². The Morgan fingerprint density at radius 3 is 2.44 bits per heavy atom. The average Bonchev–Trinajstić information content (AvgIpc) is 3.03. The van der Waals surface area contributed by atoms with E-state index >= 15 is 0 Å². The van der Waals surface area contributed by atoms with Gasteiger partial charge in [-0.3, -0.25) is 10.3 Å². The number of quaternary nitrogens is 1. The second kappa shape index (κ2) is 4.06. The molecule has 0 spiro atoms. The summed E-state index contributed by atoms with van der Waals surface area (Å²) < 4.78 is 0. The third-order valence-corrected chi connectivity index (χ3v) is 2.88. The van der Waals surface area contributed by atoms with E-state index in [1.807, 2.05) is 0 Å². The topological polar surface area (TPSA) is 53.4 Å². The van der Waals surface area contributed by atoms with Gasteiger partial charge in [0.2, 0.25) is 5.84 Å². The van der Waals surface area contributed by atoms with Crippen molar-refractivity contribution in [3.05, 3.63) is 35.4 Å². The van der Waals surface area contributed by atoms with Crippen LogP contribution in [0.3, 0.4) is 0 Å². The number of nitrogens with one attached hydrogen (secondary N) is 1. The van der Waals surface area contributed by atoms with E-state index in [0.717, 1.165) is 37.9 Å². The van der Waals surface area contributed by atoms with Gasteiger partial charge in [0.15, 0.2) is 0 Å². The van der Waals surface area contributed by atoms with E-state index < -0.39 is 0 Å². The number of nitrogens with zero attached hydrogens (tertiary/aromatic N) is 2. The molecule has 2 aliphatic heterocycles. The molecule has 0 radical (unpaired) electrons. The van der Waals surface area contributed by atoms with Crippen LogP contribution in [0.2, 0.25) is 0 Å². The van der Waals surface area contributed by atoms with Crippen molar-refractivity contribution in [1.29, 1.82) is 0 Å². The fraction of sp³-hybridized carbons (Fsp3) is 0.333. The molecule has 82 valence electrons. The smallest absolute Gasteiger partial charge is 0.227 e. The van der Waals surface area contributed by atoms with E-state index in [-0.39, 0.29) is 0 Å². The van der Waals surface area contributed by atoms with Gasteiger partial charge >= 0.3 is 0 Å². The zero-order valence-electron chi connectivity index (χ0n) is 9.11. The van der Waals surface area contributed by atoms with Crippen LogP contribution in [0, 0.1) is 0 Å². The molecule has 0 unspecified atom stereocenters. The van der Waals surface area contributed by atoms with Crippen molar-refractivity contribution in [2.45, 2.75) is 0 Å². The lowest BCUT2D eigenvalue weighted by molar-refractivity contribution is -0.526. The van der Waals surface area contributed by atoms with Crippen molar-refractivity contribution in [3.63, 3.8) is 0 Å². The Labute approximate surface area is 94.5 Å². The SMILES string of the molecule is c1cc(C2=NCC[NH2+]2)ccc1C1=NCCN1. The van der Waals surface area contributed by atoms with Gasteiger partial charge in [-0.05, 0) is 12.1 Å². The zero-order valence-corrected chi connectivity index (χ0v) is 9.11. The van der Waals surface area contributed by atoms with Gasteiger partial charge in [-0.1, -0.05) is 12.1 Å². The molecule has 1 aromatic carbocycles. The summed E-state index contributed by atoms with van der Waals surface area (Å²) in [4.78, 5) is 8.85. The first kappa shape index (κ1) is 9.54. The standard InChI is InChI=1S/C12H14N4/c1-2-10(12-15-7-8-16-12)4-3-9(1)11-13-5-6-14-11/h1-4H,5-8H2,(H,13,14)(H,15,16)/p+1. The molecule has 2 aliphatic rings. The van der Waals surface area contributed by atoms with Crippen molar-refractivity contribution in [3.8, 4) is 0 Å². The highest BCUT2D eigenvalue weighted by Crippen LogP contribution is 2.07. The number of amidine groups is 2. The Morgan fingerprint density at radius 2 is 1.81 bits per heavy atom. The third-order valence-electron chi connectivity index (χ3n) is 2.88. The fourth-order valence-electron chi connectivity index (χ4n) is 2.05. The summed E-state index contributed by atoms with van der Waals surface area (Å²) in [7, 11) is 0. The number of rotatable bonds is 2. The molecule has 1 aromatic rings. The summed E-state index contributed by atoms with van der Waals surface area (Å²) in [6, 6.07) is 8.47. The van der Waals surface area contributed by atoms with Crippen LogP contribution in [0.1, 0.15) is 11.1 Å². The molecule has 0 atom stereocenters. The summed E-state index contributed by atoms with van der Waals surface area (Å²) in [5.74, 6) is 2.15. The Kier molecular flexibility index (Phi) is 2.42. The minimum Gasteiger partial charge on any atom is -0.368 e. The second-order valence-corrected chi connectivity index (χ2v) is 3.99. The molecular weight excluding hydrogens is 200 g/mol. The normalized spacial score (nSPS) is 19.2. The summed E-state index contributed by atoms with van der Waals surface area (Å²) in [5, 5.41) is 5.47. The van der Waals surface area contributed by atoms with Crippen molar-refractivity contribution < 1.29 is 5.32 Å². The molecule has 2 heterocycles. The molecular formula is C12H15N4+. The largest absolute Gasteiger partial charge is 0.368 e. The Balaban J connectivity index is 1.84. The summed E-state index contributed by atoms with van der Waals surface area (Å²) >= 11 is 0. The van der Waals surface area contributed by atoms with Crippen LogP contribution in [-0.4, -0.2) is 37.9 Å². The Hall–Kier alpha value is -1.68. The van der Waals surface area contributed by atoms with E-state index in [1.54, 1.807) is 0 Å². The van der Waals surface area contributed by atoms with Crippen LogP contribution >= 0.6 is 0 Å². The first-order valence-electron chi connectivity index (χ1n) is 5.70. The highest BCUT2D eigenvalue weighted by Gasteiger charge is 2.13. The van der Waals surface area contributed by atoms with Gasteiger partial charge in [-0.25, -0.2) is 4.99 Å². The maximum Gasteiger partial charge on any atom is 0.227 e. The molecule has 0 amide bonds. The van der Waals surface area contributed by atoms with Gasteiger partial charge in [0.05, 0.1) is 18.7 Å². The van der Waals surface area contributed by atoms with E-state index in [4.69, 9.17) is 0 Å². The molecule has 0 bridgehead atoms.